The molecule has 9 heteroatoms. The van der Waals surface area contributed by atoms with Crippen molar-refractivity contribution in [1.82, 2.24) is 5.32 Å². The van der Waals surface area contributed by atoms with Crippen molar-refractivity contribution in [2.45, 2.75) is 12.5 Å². The molecule has 1 unspecified atom stereocenters. The molecule has 170 valence electrons. The fourth-order valence-electron chi connectivity index (χ4n) is 3.00. The average Bonchev–Trinajstić information content (AvgIpc) is 2.79. The second kappa shape index (κ2) is 11.5. The highest BCUT2D eigenvalue weighted by Gasteiger charge is 2.21. The molecular weight excluding hydrogens is 446 g/mol. The van der Waals surface area contributed by atoms with Crippen LogP contribution >= 0.6 is 11.6 Å². The first-order chi connectivity index (χ1) is 15.9. The Kier molecular flexibility index (Phi) is 8.26. The van der Waals surface area contributed by atoms with Crippen molar-refractivity contribution in [1.29, 1.82) is 0 Å². The second-order valence-electron chi connectivity index (χ2n) is 6.91. The van der Waals surface area contributed by atoms with Gasteiger partial charge in [-0.15, -0.1) is 0 Å². The maximum Gasteiger partial charge on any atom is 0.312 e. The monoisotopic (exact) mass is 467 g/mol. The molecule has 0 bridgehead atoms. The minimum absolute atomic E-state index is 0.256. The van der Waals surface area contributed by atoms with Gasteiger partial charge in [-0.05, 0) is 35.9 Å². The summed E-state index contributed by atoms with van der Waals surface area (Å²) >= 11 is 6.16. The number of nitrogens with two attached hydrogens (primary N) is 1. The van der Waals surface area contributed by atoms with Gasteiger partial charge in [-0.1, -0.05) is 60.1 Å². The van der Waals surface area contributed by atoms with Crippen LogP contribution in [0.2, 0.25) is 5.02 Å². The van der Waals surface area contributed by atoms with Crippen LogP contribution in [0.15, 0.2) is 78.9 Å². The number of primary amides is 1. The molecule has 0 saturated heterocycles. The quantitative estimate of drug-likeness (QED) is 0.402. The van der Waals surface area contributed by atoms with Crippen molar-refractivity contribution < 1.29 is 23.9 Å². The van der Waals surface area contributed by atoms with Crippen molar-refractivity contribution in [3.63, 3.8) is 0 Å². The third kappa shape index (κ3) is 7.26. The van der Waals surface area contributed by atoms with E-state index in [-0.39, 0.29) is 6.42 Å². The minimum Gasteiger partial charge on any atom is -0.455 e. The van der Waals surface area contributed by atoms with E-state index in [9.17, 15) is 14.4 Å². The summed E-state index contributed by atoms with van der Waals surface area (Å²) in [4.78, 5) is 36.0. The Morgan fingerprint density at radius 3 is 2.30 bits per heavy atom. The summed E-state index contributed by atoms with van der Waals surface area (Å²) < 4.78 is 10.9. The Hall–Kier alpha value is -4.04. The molecule has 0 radical (unpaired) electrons. The van der Waals surface area contributed by atoms with Crippen LogP contribution < -0.4 is 21.1 Å². The van der Waals surface area contributed by atoms with E-state index in [2.05, 4.69) is 10.6 Å². The zero-order chi connectivity index (χ0) is 23.6. The van der Waals surface area contributed by atoms with E-state index in [4.69, 9.17) is 26.8 Å². The van der Waals surface area contributed by atoms with Gasteiger partial charge in [0.05, 0.1) is 18.2 Å². The molecule has 0 fully saturated rings. The molecule has 3 amide bonds. The van der Waals surface area contributed by atoms with E-state index >= 15 is 0 Å². The fourth-order valence-corrected chi connectivity index (χ4v) is 3.27. The van der Waals surface area contributed by atoms with E-state index in [0.29, 0.717) is 27.8 Å². The van der Waals surface area contributed by atoms with Gasteiger partial charge in [0.15, 0.2) is 12.4 Å². The van der Waals surface area contributed by atoms with Gasteiger partial charge in [0.25, 0.3) is 5.91 Å². The van der Waals surface area contributed by atoms with Crippen LogP contribution in [0.25, 0.3) is 0 Å². The Labute approximate surface area is 195 Å². The number of halogens is 1. The van der Waals surface area contributed by atoms with E-state index in [1.54, 1.807) is 60.7 Å². The van der Waals surface area contributed by atoms with Gasteiger partial charge >= 0.3 is 12.0 Å². The van der Waals surface area contributed by atoms with E-state index in [1.165, 1.54) is 0 Å². The van der Waals surface area contributed by atoms with Crippen LogP contribution in [-0.4, -0.2) is 24.5 Å². The number of rotatable bonds is 9. The van der Waals surface area contributed by atoms with Crippen molar-refractivity contribution in [3.05, 3.63) is 89.4 Å². The van der Waals surface area contributed by atoms with Gasteiger partial charge in [-0.3, -0.25) is 9.59 Å². The molecule has 8 nitrogen and oxygen atoms in total. The maximum atomic E-state index is 12.4. The molecule has 3 aromatic carbocycles. The first-order valence-corrected chi connectivity index (χ1v) is 10.4. The fraction of sp³-hybridized carbons (Fsp3) is 0.125. The third-order valence-electron chi connectivity index (χ3n) is 4.46. The molecule has 4 N–H and O–H groups in total. The summed E-state index contributed by atoms with van der Waals surface area (Å²) in [6.07, 6.45) is -0.256. The normalized spacial score (nSPS) is 11.2. The highest BCUT2D eigenvalue weighted by atomic mass is 35.5. The zero-order valence-corrected chi connectivity index (χ0v) is 18.2. The number of urea groups is 1. The van der Waals surface area contributed by atoms with E-state index in [0.717, 1.165) is 0 Å². The zero-order valence-electron chi connectivity index (χ0n) is 17.5. The van der Waals surface area contributed by atoms with Crippen LogP contribution in [0, 0.1) is 0 Å². The number of esters is 1. The van der Waals surface area contributed by atoms with Gasteiger partial charge in [0, 0.05) is 5.02 Å². The molecule has 0 spiro atoms. The summed E-state index contributed by atoms with van der Waals surface area (Å²) in [6, 6.07) is 21.1. The first kappa shape index (κ1) is 23.6. The number of hydrogen-bond acceptors (Lipinski definition) is 5. The van der Waals surface area contributed by atoms with E-state index in [1.807, 2.05) is 18.2 Å². The second-order valence-corrected chi connectivity index (χ2v) is 7.31. The number of ether oxygens (including phenoxy) is 2. The number of carbonyl (C=O) groups is 3. The molecule has 0 aliphatic carbocycles. The number of nitrogens with one attached hydrogen (secondary N) is 2. The van der Waals surface area contributed by atoms with Crippen molar-refractivity contribution in [2.24, 2.45) is 5.73 Å². The average molecular weight is 468 g/mol. The van der Waals surface area contributed by atoms with E-state index < -0.39 is 30.6 Å². The van der Waals surface area contributed by atoms with Gasteiger partial charge < -0.3 is 25.8 Å². The summed E-state index contributed by atoms with van der Waals surface area (Å²) in [5, 5.41) is 5.48. The number of hydrogen-bond donors (Lipinski definition) is 3. The summed E-state index contributed by atoms with van der Waals surface area (Å²) in [7, 11) is 0. The number of para-hydroxylation sites is 3. The Morgan fingerprint density at radius 2 is 1.58 bits per heavy atom. The van der Waals surface area contributed by atoms with Gasteiger partial charge in [-0.2, -0.15) is 0 Å². The molecule has 3 aromatic rings. The molecule has 3 rings (SSSR count). The number of anilines is 1. The molecule has 0 saturated carbocycles. The molecule has 0 aromatic heterocycles. The largest absolute Gasteiger partial charge is 0.455 e. The Bertz CT molecular complexity index is 1120. The smallest absolute Gasteiger partial charge is 0.312 e. The first-order valence-electron chi connectivity index (χ1n) is 10.00. The summed E-state index contributed by atoms with van der Waals surface area (Å²) in [5.41, 5.74) is 6.14. The maximum absolute atomic E-state index is 12.4. The highest BCUT2D eigenvalue weighted by Crippen LogP contribution is 2.29. The van der Waals surface area contributed by atoms with Crippen molar-refractivity contribution in [2.75, 3.05) is 11.9 Å². The van der Waals surface area contributed by atoms with Gasteiger partial charge in [-0.25, -0.2) is 4.79 Å². The molecule has 0 aliphatic heterocycles. The number of carbonyl (C=O) groups excluding carboxylic acids is 3. The van der Waals surface area contributed by atoms with Crippen LogP contribution in [0.1, 0.15) is 18.0 Å². The van der Waals surface area contributed by atoms with Crippen LogP contribution in [0.4, 0.5) is 10.5 Å². The van der Waals surface area contributed by atoms with Crippen molar-refractivity contribution in [3.8, 4) is 11.5 Å². The molecular formula is C24H22ClN3O5. The molecule has 33 heavy (non-hydrogen) atoms. The molecule has 0 aliphatic rings. The Balaban J connectivity index is 1.58. The van der Waals surface area contributed by atoms with Crippen LogP contribution in [-0.2, 0) is 14.3 Å². The number of amides is 3. The van der Waals surface area contributed by atoms with Crippen LogP contribution in [0.5, 0.6) is 11.5 Å². The predicted molar refractivity (Wildman–Crippen MR) is 124 cm³/mol. The van der Waals surface area contributed by atoms with Gasteiger partial charge in [0.2, 0.25) is 0 Å². The van der Waals surface area contributed by atoms with Crippen LogP contribution in [0.3, 0.4) is 0 Å². The van der Waals surface area contributed by atoms with Crippen molar-refractivity contribution >= 4 is 35.2 Å². The summed E-state index contributed by atoms with van der Waals surface area (Å²) in [6.45, 7) is -0.523. The highest BCUT2D eigenvalue weighted by molar-refractivity contribution is 6.31. The lowest BCUT2D eigenvalue weighted by Crippen LogP contribution is -2.35. The lowest BCUT2D eigenvalue weighted by molar-refractivity contribution is -0.147. The molecule has 1 atom stereocenters. The summed E-state index contributed by atoms with van der Waals surface area (Å²) in [5.74, 6) is -0.215. The third-order valence-corrected chi connectivity index (χ3v) is 4.81. The Morgan fingerprint density at radius 1 is 0.909 bits per heavy atom. The predicted octanol–water partition coefficient (Wildman–Crippen LogP) is 4.41. The SMILES string of the molecule is NC(=O)NC(CC(=O)OCC(=O)Nc1ccccc1Oc1ccccc1)c1ccccc1Cl. The molecule has 0 heterocycles. The number of benzene rings is 3. The standard InChI is InChI=1S/C24H22ClN3O5/c25-18-11-5-4-10-17(18)20(28-24(26)31)14-23(30)32-15-22(29)27-19-12-6-7-13-21(19)33-16-8-2-1-3-9-16/h1-13,20H,14-15H2,(H,27,29)(H3,26,28,31). The van der Waals surface area contributed by atoms with Gasteiger partial charge in [0.1, 0.15) is 5.75 Å². The lowest BCUT2D eigenvalue weighted by Gasteiger charge is -2.18. The minimum atomic E-state index is -0.819. The topological polar surface area (TPSA) is 120 Å². The lowest BCUT2D eigenvalue weighted by atomic mass is 10.0.